The zero-order valence-corrected chi connectivity index (χ0v) is 28.4. The Hall–Kier alpha value is -0.530. The van der Waals surface area contributed by atoms with Crippen molar-refractivity contribution in [3.05, 3.63) is 46.6 Å². The first kappa shape index (κ1) is 35.0. The van der Waals surface area contributed by atoms with Gasteiger partial charge in [0.25, 0.3) is 5.91 Å². The predicted molar refractivity (Wildman–Crippen MR) is 136 cm³/mol. The van der Waals surface area contributed by atoms with Crippen LogP contribution in [0.2, 0.25) is 0 Å². The third kappa shape index (κ3) is 9.00. The number of rotatable bonds is 9. The van der Waals surface area contributed by atoms with E-state index in [-0.39, 0.29) is 101 Å². The smallest absolute Gasteiger partial charge is 0.820 e. The van der Waals surface area contributed by atoms with E-state index in [0.717, 1.165) is 19.2 Å². The molecule has 2 saturated carbocycles. The number of hydrogen-bond acceptors (Lipinski definition) is 8. The second-order valence-electron chi connectivity index (χ2n) is 10.6. The molecule has 5 rings (SSSR count). The van der Waals surface area contributed by atoms with Crippen molar-refractivity contribution in [1.82, 2.24) is 15.3 Å². The van der Waals surface area contributed by atoms with E-state index in [9.17, 15) is 27.8 Å². The Bertz CT molecular complexity index is 1190. The molecule has 2 N–H and O–H groups in total. The molecule has 2 unspecified atom stereocenters. The number of aryl methyl sites for hydroxylation is 1. The summed E-state index contributed by atoms with van der Waals surface area (Å²) in [5, 5.41) is 6.05. The van der Waals surface area contributed by atoms with Gasteiger partial charge in [-0.3, -0.25) is 4.79 Å². The number of amides is 1. The SMILES string of the molecule is CCc1ccc(CNc2nc(N3CC4CC4C3)ncc2C(=O)NC2CCC(OP([O-])[O-])CC2)cc1C(F)(F)F.[Na+].[Na+]. The van der Waals surface area contributed by atoms with Gasteiger partial charge in [0.2, 0.25) is 5.95 Å². The van der Waals surface area contributed by atoms with Crippen molar-refractivity contribution in [2.45, 2.75) is 70.3 Å². The Kier molecular flexibility index (Phi) is 12.8. The molecule has 1 amide bonds. The average molecular weight is 612 g/mol. The van der Waals surface area contributed by atoms with Crippen LogP contribution in [0.4, 0.5) is 24.9 Å². The van der Waals surface area contributed by atoms with Crippen LogP contribution in [0.25, 0.3) is 0 Å². The number of piperidine rings is 1. The topological polar surface area (TPSA) is 126 Å². The maximum Gasteiger partial charge on any atom is 1.00 e. The quantitative estimate of drug-likeness (QED) is 0.229. The van der Waals surface area contributed by atoms with Crippen molar-refractivity contribution in [3.8, 4) is 0 Å². The Morgan fingerprint density at radius 1 is 1.15 bits per heavy atom. The fraction of sp³-hybridized carbons (Fsp3) is 0.577. The van der Waals surface area contributed by atoms with Crippen molar-refractivity contribution in [3.63, 3.8) is 0 Å². The van der Waals surface area contributed by atoms with Crippen molar-refractivity contribution in [1.29, 1.82) is 0 Å². The first-order chi connectivity index (χ1) is 18.6. The molecule has 3 fully saturated rings. The minimum absolute atomic E-state index is 0. The average Bonchev–Trinajstić information content (AvgIpc) is 3.51. The molecule has 3 aliphatic rings. The first-order valence-corrected chi connectivity index (χ1v) is 14.4. The minimum Gasteiger partial charge on any atom is -0.820 e. The molecule has 0 radical (unpaired) electrons. The number of alkyl halides is 3. The molecule has 212 valence electrons. The third-order valence-electron chi connectivity index (χ3n) is 7.85. The van der Waals surface area contributed by atoms with E-state index in [2.05, 4.69) is 25.5 Å². The number of benzene rings is 1. The fourth-order valence-electron chi connectivity index (χ4n) is 5.58. The molecule has 0 bridgehead atoms. The summed E-state index contributed by atoms with van der Waals surface area (Å²) < 4.78 is 45.6. The molecular weight excluding hydrogens is 580 g/mol. The van der Waals surface area contributed by atoms with Gasteiger partial charge < -0.3 is 29.8 Å². The van der Waals surface area contributed by atoms with E-state index < -0.39 is 26.2 Å². The van der Waals surface area contributed by atoms with Crippen molar-refractivity contribution < 1.29 is 91.4 Å². The molecule has 1 saturated heterocycles. The van der Waals surface area contributed by atoms with E-state index in [1.165, 1.54) is 18.7 Å². The zero-order chi connectivity index (χ0) is 27.7. The van der Waals surface area contributed by atoms with Crippen LogP contribution in [-0.4, -0.2) is 41.1 Å². The van der Waals surface area contributed by atoms with Gasteiger partial charge in [0.1, 0.15) is 11.4 Å². The molecule has 2 heterocycles. The first-order valence-electron chi connectivity index (χ1n) is 13.3. The monoisotopic (exact) mass is 611 g/mol. The number of halogens is 3. The van der Waals surface area contributed by atoms with Crippen LogP contribution in [0.1, 0.15) is 66.1 Å². The van der Waals surface area contributed by atoms with Gasteiger partial charge in [-0.2, -0.15) is 26.8 Å². The Balaban J connectivity index is 0.00000231. The Labute approximate surface area is 283 Å². The summed E-state index contributed by atoms with van der Waals surface area (Å²) in [6, 6.07) is 4.10. The summed E-state index contributed by atoms with van der Waals surface area (Å²) in [5.74, 6) is 1.63. The summed E-state index contributed by atoms with van der Waals surface area (Å²) in [6.07, 6.45) is 0.207. The van der Waals surface area contributed by atoms with Gasteiger partial charge in [0.05, 0.1) is 11.7 Å². The standard InChI is InChI=1S/C26H31F3N5O4P.2Na/c1-2-16-4-3-15(9-22(16)26(27,28)29)11-30-23-21(12-31-25(33-23)34-13-17-10-18(17)14-34)24(35)32-19-5-7-20(8-6-19)38-39(36)37;;/h3-4,9,12,17-20H,2,5-8,10-11,13-14H2,1H3,(H,32,35)(H,30,31,33);;/q-2;2*+1. The van der Waals surface area contributed by atoms with E-state index in [0.29, 0.717) is 49.0 Å². The number of fused-ring (bicyclic) bond motifs is 1. The van der Waals surface area contributed by atoms with Gasteiger partial charge >= 0.3 is 65.3 Å². The van der Waals surface area contributed by atoms with Crippen molar-refractivity contribution >= 4 is 26.3 Å². The van der Waals surface area contributed by atoms with Crippen LogP contribution < -0.4 is 84.4 Å². The maximum atomic E-state index is 13.6. The molecular formula is C26H31F3N5Na2O4P. The van der Waals surface area contributed by atoms with E-state index in [1.54, 1.807) is 13.0 Å². The Morgan fingerprint density at radius 3 is 2.44 bits per heavy atom. The van der Waals surface area contributed by atoms with Crippen molar-refractivity contribution in [2.75, 3.05) is 23.3 Å². The second-order valence-corrected chi connectivity index (χ2v) is 11.2. The molecule has 15 heteroatoms. The number of carbonyl (C=O) groups excluding carboxylic acids is 1. The Morgan fingerprint density at radius 2 is 1.83 bits per heavy atom. The molecule has 1 aliphatic heterocycles. The number of anilines is 2. The normalized spacial score (nSPS) is 23.3. The van der Waals surface area contributed by atoms with E-state index in [4.69, 9.17) is 4.52 Å². The summed E-state index contributed by atoms with van der Waals surface area (Å²) in [4.78, 5) is 46.0. The third-order valence-corrected chi connectivity index (χ3v) is 8.32. The maximum absolute atomic E-state index is 13.6. The van der Waals surface area contributed by atoms with Crippen LogP contribution in [0.3, 0.4) is 0 Å². The largest absolute Gasteiger partial charge is 1.00 e. The van der Waals surface area contributed by atoms with Crippen LogP contribution in [0.5, 0.6) is 0 Å². The zero-order valence-electron chi connectivity index (χ0n) is 23.5. The fourth-order valence-corrected chi connectivity index (χ4v) is 6.03. The number of hydrogen-bond donors (Lipinski definition) is 2. The number of nitrogens with zero attached hydrogens (tertiary/aromatic N) is 3. The molecule has 9 nitrogen and oxygen atoms in total. The van der Waals surface area contributed by atoms with Crippen molar-refractivity contribution in [2.24, 2.45) is 11.8 Å². The second kappa shape index (κ2) is 15.0. The summed E-state index contributed by atoms with van der Waals surface area (Å²) in [5.41, 5.74) is 0.183. The predicted octanol–water partition coefficient (Wildman–Crippen LogP) is -2.86. The number of aromatic nitrogens is 2. The molecule has 41 heavy (non-hydrogen) atoms. The van der Waals surface area contributed by atoms with E-state index >= 15 is 0 Å². The van der Waals surface area contributed by atoms with Crippen LogP contribution in [0.15, 0.2) is 24.4 Å². The molecule has 1 aromatic heterocycles. The summed E-state index contributed by atoms with van der Waals surface area (Å²) >= 11 is 0. The molecule has 2 atom stereocenters. The molecule has 1 aromatic carbocycles. The van der Waals surface area contributed by atoms with Crippen LogP contribution in [-0.2, 0) is 23.7 Å². The van der Waals surface area contributed by atoms with Gasteiger partial charge in [-0.25, -0.2) is 4.98 Å². The minimum atomic E-state index is -4.46. The number of carbonyl (C=O) groups is 1. The number of nitrogens with one attached hydrogen (secondary N) is 2. The van der Waals surface area contributed by atoms with E-state index in [1.807, 2.05) is 0 Å². The van der Waals surface area contributed by atoms with Gasteiger partial charge in [-0.1, -0.05) is 19.1 Å². The van der Waals surface area contributed by atoms with Gasteiger partial charge in [-0.05, 0) is 67.6 Å². The van der Waals surface area contributed by atoms with Gasteiger partial charge in [0, 0.05) is 31.9 Å². The molecule has 2 aromatic rings. The van der Waals surface area contributed by atoms with Crippen LogP contribution in [0, 0.1) is 11.8 Å². The van der Waals surface area contributed by atoms with Crippen LogP contribution >= 0.6 is 8.60 Å². The van der Waals surface area contributed by atoms with Gasteiger partial charge in [-0.15, -0.1) is 0 Å². The molecule has 0 spiro atoms. The van der Waals surface area contributed by atoms with Gasteiger partial charge in [0.15, 0.2) is 0 Å². The molecule has 2 aliphatic carbocycles. The summed E-state index contributed by atoms with van der Waals surface area (Å²) in [7, 11) is -2.92. The summed E-state index contributed by atoms with van der Waals surface area (Å²) in [6.45, 7) is 3.43.